The second-order valence-corrected chi connectivity index (χ2v) is 0. The van der Waals surface area contributed by atoms with Crippen LogP contribution in [-0.2, 0) is 16.8 Å². The van der Waals surface area contributed by atoms with Crippen LogP contribution in [0.15, 0.2) is 0 Å². The van der Waals surface area contributed by atoms with Crippen LogP contribution in [0.3, 0.4) is 0 Å². The maximum Gasteiger partial charge on any atom is 0 e. The van der Waals surface area contributed by atoms with E-state index in [4.69, 9.17) is 0 Å². The topological polar surface area (TPSA) is 0 Å². The minimum atomic E-state index is 0. The smallest absolute Gasteiger partial charge is 0 e. The van der Waals surface area contributed by atoms with Crippen LogP contribution in [0, 0.1) is 0 Å². The summed E-state index contributed by atoms with van der Waals surface area (Å²) in [4.78, 5) is 0. The zero-order valence-electron chi connectivity index (χ0n) is 2.37. The average Bonchev–Trinajstić information content (AvgIpc) is 0. The van der Waals surface area contributed by atoms with Gasteiger partial charge in [-0.1, -0.05) is 0 Å². The SMILES string of the molecule is Cl.Cl.Cl.Cl.Cl.[Co]. The molecule has 0 amide bonds. The third-order valence-electron chi connectivity index (χ3n) is 0. The van der Waals surface area contributed by atoms with E-state index in [0.29, 0.717) is 0 Å². The fraction of sp³-hybridized carbons (Fsp3) is 0. The average molecular weight is 241 g/mol. The first-order chi connectivity index (χ1) is 0. The maximum absolute atomic E-state index is 0. The Balaban J connectivity index is 0. The van der Waals surface area contributed by atoms with Gasteiger partial charge in [0.1, 0.15) is 0 Å². The Hall–Kier alpha value is 1.96. The number of rotatable bonds is 0. The first kappa shape index (κ1) is 101. The van der Waals surface area contributed by atoms with E-state index in [2.05, 4.69) is 0 Å². The molecule has 0 saturated carbocycles. The second kappa shape index (κ2) is 64.5. The predicted molar refractivity (Wildman–Crippen MR) is 36.2 cm³/mol. The van der Waals surface area contributed by atoms with Gasteiger partial charge in [-0.25, -0.2) is 0 Å². The van der Waals surface area contributed by atoms with Gasteiger partial charge in [0.25, 0.3) is 0 Å². The maximum atomic E-state index is 0. The van der Waals surface area contributed by atoms with Crippen molar-refractivity contribution in [1.29, 1.82) is 0 Å². The Morgan fingerprint density at radius 1 is 0.333 bits per heavy atom. The molecule has 0 aromatic rings. The normalized spacial score (nSPS) is 0. The minimum absolute atomic E-state index is 0. The van der Waals surface area contributed by atoms with E-state index >= 15 is 0 Å². The molecule has 6 heteroatoms. The van der Waals surface area contributed by atoms with E-state index < -0.39 is 0 Å². The molecule has 0 aliphatic heterocycles. The summed E-state index contributed by atoms with van der Waals surface area (Å²) in [6.07, 6.45) is 0. The summed E-state index contributed by atoms with van der Waals surface area (Å²) < 4.78 is 0. The van der Waals surface area contributed by atoms with Gasteiger partial charge in [0.05, 0.1) is 0 Å². The van der Waals surface area contributed by atoms with E-state index in [0.717, 1.165) is 0 Å². The molecule has 0 aromatic carbocycles. The standard InChI is InChI=1S/5ClH.Co/h5*1H;. The molecule has 0 bridgehead atoms. The molecule has 0 aliphatic rings. The first-order valence-corrected chi connectivity index (χ1v) is 0. The zero-order valence-corrected chi connectivity index (χ0v) is 7.50. The van der Waals surface area contributed by atoms with Crippen molar-refractivity contribution < 1.29 is 16.8 Å². The van der Waals surface area contributed by atoms with Gasteiger partial charge in [-0.15, -0.1) is 62.0 Å². The fourth-order valence-electron chi connectivity index (χ4n) is 0. The summed E-state index contributed by atoms with van der Waals surface area (Å²) in [7, 11) is 0. The van der Waals surface area contributed by atoms with Crippen LogP contribution in [-0.4, -0.2) is 0 Å². The summed E-state index contributed by atoms with van der Waals surface area (Å²) in [5.41, 5.74) is 0. The van der Waals surface area contributed by atoms with Crippen molar-refractivity contribution in [1.82, 2.24) is 0 Å². The first-order valence-electron chi connectivity index (χ1n) is 0. The summed E-state index contributed by atoms with van der Waals surface area (Å²) in [5.74, 6) is 0. The van der Waals surface area contributed by atoms with E-state index in [1.54, 1.807) is 0 Å². The van der Waals surface area contributed by atoms with Gasteiger partial charge in [-0.2, -0.15) is 0 Å². The molecule has 0 heterocycles. The third kappa shape index (κ3) is 38.2. The third-order valence-corrected chi connectivity index (χ3v) is 0. The quantitative estimate of drug-likeness (QED) is 0.609. The molecule has 0 spiro atoms. The second-order valence-electron chi connectivity index (χ2n) is 0. The molecule has 0 rings (SSSR count). The number of hydrogen-bond donors (Lipinski definition) is 0. The van der Waals surface area contributed by atoms with Gasteiger partial charge in [-0.05, 0) is 0 Å². The van der Waals surface area contributed by atoms with E-state index in [1.807, 2.05) is 0 Å². The van der Waals surface area contributed by atoms with Crippen LogP contribution < -0.4 is 0 Å². The van der Waals surface area contributed by atoms with Crippen molar-refractivity contribution in [2.24, 2.45) is 0 Å². The monoisotopic (exact) mass is 239 g/mol. The predicted octanol–water partition coefficient (Wildman–Crippen LogP) is 2.11. The molecule has 49 valence electrons. The van der Waals surface area contributed by atoms with Crippen molar-refractivity contribution in [2.75, 3.05) is 0 Å². The number of hydrogen-bond acceptors (Lipinski definition) is 0. The van der Waals surface area contributed by atoms with Crippen LogP contribution in [0.4, 0.5) is 0 Å². The molecule has 0 aliphatic carbocycles. The Bertz CT molecular complexity index is 3.90. The molecule has 0 N–H and O–H groups in total. The van der Waals surface area contributed by atoms with Gasteiger partial charge in [0, 0.05) is 16.8 Å². The van der Waals surface area contributed by atoms with Crippen molar-refractivity contribution >= 4 is 62.0 Å². The van der Waals surface area contributed by atoms with Crippen LogP contribution in [0.1, 0.15) is 0 Å². The largest absolute Gasteiger partial charge is 0.147 e. The molecule has 0 unspecified atom stereocenters. The van der Waals surface area contributed by atoms with Crippen molar-refractivity contribution in [3.8, 4) is 0 Å². The van der Waals surface area contributed by atoms with Gasteiger partial charge in [-0.3, -0.25) is 0 Å². The van der Waals surface area contributed by atoms with Crippen molar-refractivity contribution in [2.45, 2.75) is 0 Å². The summed E-state index contributed by atoms with van der Waals surface area (Å²) in [5, 5.41) is 0. The molecule has 0 nitrogen and oxygen atoms in total. The summed E-state index contributed by atoms with van der Waals surface area (Å²) in [6, 6.07) is 0. The molecule has 0 aromatic heterocycles. The van der Waals surface area contributed by atoms with Gasteiger partial charge >= 0.3 is 0 Å². The summed E-state index contributed by atoms with van der Waals surface area (Å²) in [6.45, 7) is 0. The van der Waals surface area contributed by atoms with Crippen LogP contribution in [0.2, 0.25) is 0 Å². The molecule has 1 radical (unpaired) electrons. The molecular formula is H5Cl5Co. The van der Waals surface area contributed by atoms with Crippen LogP contribution in [0.5, 0.6) is 0 Å². The molecule has 0 fully saturated rings. The Morgan fingerprint density at radius 3 is 0.333 bits per heavy atom. The number of halogens is 5. The molecular weight excluding hydrogens is 236 g/mol. The van der Waals surface area contributed by atoms with Gasteiger partial charge in [0.15, 0.2) is 0 Å². The molecule has 0 saturated heterocycles. The van der Waals surface area contributed by atoms with Crippen molar-refractivity contribution in [3.05, 3.63) is 0 Å². The Kier molecular flexibility index (Phi) is 1080. The van der Waals surface area contributed by atoms with Gasteiger partial charge < -0.3 is 0 Å². The van der Waals surface area contributed by atoms with Crippen molar-refractivity contribution in [3.63, 3.8) is 0 Å². The Labute approximate surface area is 78.5 Å². The summed E-state index contributed by atoms with van der Waals surface area (Å²) >= 11 is 0. The van der Waals surface area contributed by atoms with Crippen LogP contribution in [0.25, 0.3) is 0 Å². The molecule has 0 atom stereocenters. The molecule has 6 heavy (non-hydrogen) atoms. The zero-order chi connectivity index (χ0) is 0. The minimum Gasteiger partial charge on any atom is -0.147 e. The van der Waals surface area contributed by atoms with E-state index in [1.165, 1.54) is 0 Å². The van der Waals surface area contributed by atoms with E-state index in [9.17, 15) is 0 Å². The van der Waals surface area contributed by atoms with Gasteiger partial charge in [0.2, 0.25) is 0 Å². The van der Waals surface area contributed by atoms with E-state index in [-0.39, 0.29) is 78.8 Å². The Morgan fingerprint density at radius 2 is 0.333 bits per heavy atom. The van der Waals surface area contributed by atoms with Crippen LogP contribution >= 0.6 is 62.0 Å². The fourth-order valence-corrected chi connectivity index (χ4v) is 0.